The molecule has 0 atom stereocenters. The molecule has 28 heteroatoms. The molecule has 0 heterocycles. The van der Waals surface area contributed by atoms with Gasteiger partial charge >= 0.3 is 0 Å². The Hall–Kier alpha value is -0.700. The maximum Gasteiger partial charge on any atom is 0.0755 e. The summed E-state index contributed by atoms with van der Waals surface area (Å²) in [6.07, 6.45) is 0. The van der Waals surface area contributed by atoms with E-state index in [0.717, 1.165) is 0 Å². The van der Waals surface area contributed by atoms with Gasteiger partial charge in [-0.2, -0.15) is 0 Å². The molecule has 24 nitrogen and oxygen atoms in total. The van der Waals surface area contributed by atoms with E-state index in [2.05, 4.69) is 334 Å². The summed E-state index contributed by atoms with van der Waals surface area (Å²) in [6.45, 7) is 126. The Morgan fingerprint density at radius 3 is 0.116 bits per heavy atom. The fourth-order valence-electron chi connectivity index (χ4n) is 8.05. The molecule has 0 unspecified atom stereocenters. The predicted octanol–water partition coefficient (Wildman–Crippen LogP) is 2.12. The third-order valence-electron chi connectivity index (χ3n) is 27.5. The topological polar surface area (TPSA) is 277 Å². The normalized spacial score (nSPS) is 11.2. The fourth-order valence-corrected chi connectivity index (χ4v) is 8.05. The molecule has 0 aromatic heterocycles. The summed E-state index contributed by atoms with van der Waals surface area (Å²) in [5.41, 5.74) is 0. The van der Waals surface area contributed by atoms with Crippen molar-refractivity contribution in [3.63, 3.8) is 0 Å². The summed E-state index contributed by atoms with van der Waals surface area (Å²) in [7, 11) is 15.8. The monoisotopic (exact) mass is 1630 g/mol. The van der Waals surface area contributed by atoms with Crippen molar-refractivity contribution in [1.82, 2.24) is 0 Å². The van der Waals surface area contributed by atoms with Crippen molar-refractivity contribution in [2.75, 3.05) is 320 Å². The van der Waals surface area contributed by atoms with Gasteiger partial charge in [-0.3, -0.25) is 29.3 Å². The summed E-state index contributed by atoms with van der Waals surface area (Å²) >= 11 is 0. The number of hydrogen-bond donors (Lipinski definition) is 0. The lowest BCUT2D eigenvalue weighted by Crippen LogP contribution is -2.56. The van der Waals surface area contributed by atoms with Crippen LogP contribution in [0.5, 0.6) is 0 Å². The van der Waals surface area contributed by atoms with Gasteiger partial charge in [0.05, 0.1) is 320 Å². The first-order valence-corrected chi connectivity index (χ1v) is 45.0. The Kier molecular flexibility index (Phi) is 123. The Balaban J connectivity index is -0.0000000630. The lowest BCUT2D eigenvalue weighted by Gasteiger charge is -2.35. The maximum atomic E-state index is 8.42. The van der Waals surface area contributed by atoms with Crippen molar-refractivity contribution >= 4 is 29.3 Å². The van der Waals surface area contributed by atoms with Crippen LogP contribution in [-0.2, 0) is 0 Å². The Morgan fingerprint density at radius 2 is 0.116 bits per heavy atom. The minimum atomic E-state index is -2.92. The van der Waals surface area contributed by atoms with Gasteiger partial charge in [-0.05, 0) is 249 Å². The second kappa shape index (κ2) is 92.6. The molecule has 0 aliphatic carbocycles. The van der Waals surface area contributed by atoms with Crippen LogP contribution < -0.4 is 60.3 Å². The van der Waals surface area contributed by atoms with E-state index in [0.29, 0.717) is 0 Å². The highest BCUT2D eigenvalue weighted by molar-refractivity contribution is 6.24. The molecule has 0 bridgehead atoms. The van der Waals surface area contributed by atoms with Gasteiger partial charge in [0.2, 0.25) is 0 Å². The SMILES string of the molecule is CC[N+](C)(CC)CC.CC[N+](C)(CC)CC.CC[N+](C)(CC)CC.CC[N+](C)(CC)CC.CC[N+](C)(CC)CC.CC[N+](C)(CC)CC.CC[N+](C)(CC)CC.CC[N+](C)(CC)CC.CC[N+](C)(CC)CC.CC[N+](C)(CC)CC.CC[N+](C)(CC)CC.CC[N+](C)(CC)CC.[O-]B([O-])[O-].[O-]B([O-])[O-].[O-]B([O-])[O-].[O-]B([O-])[O-]. The van der Waals surface area contributed by atoms with Gasteiger partial charge in [-0.15, -0.1) is 0 Å². The van der Waals surface area contributed by atoms with Gasteiger partial charge in [0, 0.05) is 0 Å². The van der Waals surface area contributed by atoms with Crippen LogP contribution in [0.2, 0.25) is 0 Å². The highest BCUT2D eigenvalue weighted by Crippen LogP contribution is 2.05. The first kappa shape index (κ1) is 149. The van der Waals surface area contributed by atoms with Crippen molar-refractivity contribution in [2.45, 2.75) is 249 Å². The van der Waals surface area contributed by atoms with Gasteiger partial charge in [-0.25, -0.2) is 0 Å². The van der Waals surface area contributed by atoms with Crippen molar-refractivity contribution in [3.8, 4) is 0 Å². The highest BCUT2D eigenvalue weighted by Gasteiger charge is 2.18. The Morgan fingerprint density at radius 1 is 0.0982 bits per heavy atom. The summed E-state index contributed by atoms with van der Waals surface area (Å²) in [5.74, 6) is 0. The van der Waals surface area contributed by atoms with Gasteiger partial charge in [0.25, 0.3) is 0 Å². The minimum absolute atomic E-state index is 1.21. The largest absolute Gasteiger partial charge is 0.907 e. The number of nitrogens with zero attached hydrogens (tertiary/aromatic N) is 12. The van der Waals surface area contributed by atoms with E-state index in [1.165, 1.54) is 289 Å². The van der Waals surface area contributed by atoms with Crippen molar-refractivity contribution < 1.29 is 114 Å². The molecule has 0 amide bonds. The van der Waals surface area contributed by atoms with Crippen LogP contribution in [0.3, 0.4) is 0 Å². The fraction of sp³-hybridized carbons (Fsp3) is 1.00. The molecular formula is C84H216B4N12O12. The van der Waals surface area contributed by atoms with E-state index in [-0.39, 0.29) is 0 Å². The third-order valence-corrected chi connectivity index (χ3v) is 27.5. The maximum absolute atomic E-state index is 8.42. The molecule has 0 aromatic rings. The standard InChI is InChI=1S/12C7H18N.4BO3/c12*1-5-8(4,6-2)7-3;4*2-1(3)4/h12*5-7H2,1-4H3;;;;/q12*+1;4*-3. The molecule has 0 aliphatic heterocycles. The second-order valence-corrected chi connectivity index (χ2v) is 32.0. The molecule has 0 spiro atoms. The third kappa shape index (κ3) is 111. The first-order chi connectivity index (χ1) is 51.1. The molecular weight excluding hydrogens is 1410 g/mol. The van der Waals surface area contributed by atoms with Crippen molar-refractivity contribution in [2.24, 2.45) is 0 Å². The number of rotatable bonds is 36. The van der Waals surface area contributed by atoms with Crippen LogP contribution in [0.15, 0.2) is 0 Å². The Bertz CT molecular complexity index is 1190. The molecule has 0 N–H and O–H groups in total. The van der Waals surface area contributed by atoms with Crippen LogP contribution in [0.4, 0.5) is 0 Å². The minimum Gasteiger partial charge on any atom is -0.907 e. The second-order valence-electron chi connectivity index (χ2n) is 32.0. The van der Waals surface area contributed by atoms with Crippen LogP contribution >= 0.6 is 0 Å². The summed E-state index contributed by atoms with van der Waals surface area (Å²) in [6, 6.07) is 0. The van der Waals surface area contributed by atoms with E-state index in [1.807, 2.05) is 0 Å². The van der Waals surface area contributed by atoms with Crippen LogP contribution in [-0.4, -0.2) is 403 Å². The van der Waals surface area contributed by atoms with Gasteiger partial charge in [-0.1, -0.05) is 0 Å². The van der Waals surface area contributed by atoms with Crippen LogP contribution in [0.25, 0.3) is 0 Å². The zero-order valence-corrected chi connectivity index (χ0v) is 86.0. The molecule has 112 heavy (non-hydrogen) atoms. The molecule has 0 aliphatic rings. The van der Waals surface area contributed by atoms with E-state index in [1.54, 1.807) is 0 Å². The average Bonchev–Trinajstić information content (AvgIpc) is 1.10. The number of quaternary nitrogens is 12. The van der Waals surface area contributed by atoms with E-state index in [9.17, 15) is 0 Å². The predicted molar refractivity (Wildman–Crippen MR) is 477 cm³/mol. The van der Waals surface area contributed by atoms with Gasteiger partial charge < -0.3 is 114 Å². The Labute approximate surface area is 709 Å². The lowest BCUT2D eigenvalue weighted by molar-refractivity contribution is -0.904. The van der Waals surface area contributed by atoms with Gasteiger partial charge in [0.1, 0.15) is 0 Å². The molecule has 0 aromatic carbocycles. The molecule has 0 radical (unpaired) electrons. The molecule has 696 valence electrons. The van der Waals surface area contributed by atoms with Crippen molar-refractivity contribution in [3.05, 3.63) is 0 Å². The highest BCUT2D eigenvalue weighted by atomic mass is 16.5. The summed E-state index contributed by atoms with van der Waals surface area (Å²) < 4.78 is 14.5. The smallest absolute Gasteiger partial charge is 0.0755 e. The molecule has 0 fully saturated rings. The zero-order valence-electron chi connectivity index (χ0n) is 86.0. The van der Waals surface area contributed by atoms with Crippen molar-refractivity contribution in [1.29, 1.82) is 0 Å². The summed E-state index contributed by atoms with van der Waals surface area (Å²) in [4.78, 5) is 0. The van der Waals surface area contributed by atoms with E-state index in [4.69, 9.17) is 60.3 Å². The van der Waals surface area contributed by atoms with Gasteiger partial charge in [0.15, 0.2) is 0 Å². The van der Waals surface area contributed by atoms with E-state index < -0.39 is 29.3 Å². The van der Waals surface area contributed by atoms with Crippen LogP contribution in [0.1, 0.15) is 249 Å². The van der Waals surface area contributed by atoms with E-state index >= 15 is 0 Å². The first-order valence-electron chi connectivity index (χ1n) is 45.0. The quantitative estimate of drug-likeness (QED) is 0.0645. The molecule has 0 saturated carbocycles. The summed E-state index contributed by atoms with van der Waals surface area (Å²) in [5, 5.41) is 101. The zero-order chi connectivity index (χ0) is 93.8. The number of hydrogen-bond acceptors (Lipinski definition) is 12. The average molecular weight is 1630 g/mol. The lowest BCUT2D eigenvalue weighted by atomic mass is 10.3. The molecule has 0 rings (SSSR count). The van der Waals surface area contributed by atoms with Crippen LogP contribution in [0, 0.1) is 0 Å². The molecule has 0 saturated heterocycles.